The van der Waals surface area contributed by atoms with Gasteiger partial charge in [0.2, 0.25) is 0 Å². The second-order valence-electron chi connectivity index (χ2n) is 8.73. The summed E-state index contributed by atoms with van der Waals surface area (Å²) in [5.74, 6) is 0.0402. The van der Waals surface area contributed by atoms with Crippen molar-refractivity contribution in [3.05, 3.63) is 90.5 Å². The number of fused-ring (bicyclic) bond motifs is 1. The van der Waals surface area contributed by atoms with E-state index in [1.165, 1.54) is 9.79 Å². The molecule has 0 radical (unpaired) electrons. The summed E-state index contributed by atoms with van der Waals surface area (Å²) in [6.07, 6.45) is 1.15. The van der Waals surface area contributed by atoms with Crippen LogP contribution in [-0.2, 0) is 25.2 Å². The fourth-order valence-electron chi connectivity index (χ4n) is 5.50. The molecule has 2 aliphatic carbocycles. The molecular weight excluding hydrogens is 420 g/mol. The van der Waals surface area contributed by atoms with Crippen LogP contribution in [0.15, 0.2) is 99.6 Å². The van der Waals surface area contributed by atoms with Gasteiger partial charge in [-0.3, -0.25) is 4.79 Å². The first-order chi connectivity index (χ1) is 15.7. The van der Waals surface area contributed by atoms with Crippen LogP contribution in [0.1, 0.15) is 23.2 Å². The Balaban J connectivity index is 1.23. The summed E-state index contributed by atoms with van der Waals surface area (Å²) >= 11 is 0. The first-order valence-electron chi connectivity index (χ1n) is 11.0. The van der Waals surface area contributed by atoms with Gasteiger partial charge in [0.25, 0.3) is 0 Å². The SMILES string of the molecule is O=C(OC1C2CC3C(=O)OC1C3C2)c1ccc([S+](c2ccccc2)c2ccccc2)cc1. The predicted octanol–water partition coefficient (Wildman–Crippen LogP) is 4.89. The van der Waals surface area contributed by atoms with Gasteiger partial charge in [0.05, 0.1) is 22.4 Å². The standard InChI is InChI=1S/C27H23O4S/c28-26(30-24-18-15-22-23(16-18)27(29)31-25(22)24)17-11-13-21(14-12-17)32(19-7-3-1-4-8-19)20-9-5-2-6-10-20/h1-14,18,22-25H,15-16H2/q+1. The van der Waals surface area contributed by atoms with E-state index in [4.69, 9.17) is 9.47 Å². The minimum absolute atomic E-state index is 0.0214. The maximum Gasteiger partial charge on any atom is 0.338 e. The summed E-state index contributed by atoms with van der Waals surface area (Å²) < 4.78 is 11.4. The van der Waals surface area contributed by atoms with Crippen molar-refractivity contribution in [1.82, 2.24) is 0 Å². The van der Waals surface area contributed by atoms with Gasteiger partial charge in [-0.1, -0.05) is 36.4 Å². The van der Waals surface area contributed by atoms with Gasteiger partial charge in [0, 0.05) is 11.8 Å². The predicted molar refractivity (Wildman–Crippen MR) is 120 cm³/mol. The molecule has 5 heteroatoms. The van der Waals surface area contributed by atoms with Crippen molar-refractivity contribution in [2.45, 2.75) is 39.7 Å². The molecule has 3 aliphatic rings. The van der Waals surface area contributed by atoms with Gasteiger partial charge in [0.1, 0.15) is 12.2 Å². The van der Waals surface area contributed by atoms with E-state index in [9.17, 15) is 9.59 Å². The summed E-state index contributed by atoms with van der Waals surface area (Å²) in [5, 5.41) is 0. The molecule has 1 saturated heterocycles. The lowest BCUT2D eigenvalue weighted by Gasteiger charge is -2.25. The molecule has 0 N–H and O–H groups in total. The molecule has 3 aromatic carbocycles. The maximum atomic E-state index is 12.9. The summed E-state index contributed by atoms with van der Waals surface area (Å²) in [6, 6.07) is 28.6. The Morgan fingerprint density at radius 3 is 2.03 bits per heavy atom. The molecule has 2 bridgehead atoms. The van der Waals surface area contributed by atoms with Gasteiger partial charge in [-0.05, 0) is 61.4 Å². The number of ether oxygens (including phenoxy) is 2. The Kier molecular flexibility index (Phi) is 4.80. The summed E-state index contributed by atoms with van der Waals surface area (Å²) in [7, 11) is -0.257. The smallest absolute Gasteiger partial charge is 0.338 e. The van der Waals surface area contributed by atoms with Gasteiger partial charge in [-0.25, -0.2) is 4.79 Å². The molecule has 6 rings (SSSR count). The highest BCUT2D eigenvalue weighted by atomic mass is 32.2. The van der Waals surface area contributed by atoms with E-state index in [1.54, 1.807) is 0 Å². The average Bonchev–Trinajstić information content (AvgIpc) is 3.46. The Labute approximate surface area is 189 Å². The van der Waals surface area contributed by atoms with E-state index in [1.807, 2.05) is 36.4 Å². The Hall–Kier alpha value is -3.05. The van der Waals surface area contributed by atoms with E-state index in [-0.39, 0.29) is 52.8 Å². The number of hydrogen-bond donors (Lipinski definition) is 0. The lowest BCUT2D eigenvalue weighted by molar-refractivity contribution is -0.146. The lowest BCUT2D eigenvalue weighted by atomic mass is 9.88. The molecule has 3 aromatic rings. The zero-order valence-corrected chi connectivity index (χ0v) is 18.2. The first kappa shape index (κ1) is 19.6. The highest BCUT2D eigenvalue weighted by molar-refractivity contribution is 7.97. The second kappa shape index (κ2) is 7.82. The summed E-state index contributed by atoms with van der Waals surface area (Å²) in [6.45, 7) is 0. The van der Waals surface area contributed by atoms with Gasteiger partial charge < -0.3 is 9.47 Å². The number of benzene rings is 3. The normalized spacial score (nSPS) is 27.5. The third kappa shape index (κ3) is 3.23. The van der Waals surface area contributed by atoms with E-state index >= 15 is 0 Å². The van der Waals surface area contributed by atoms with Gasteiger partial charge in [-0.15, -0.1) is 0 Å². The van der Waals surface area contributed by atoms with Crippen molar-refractivity contribution < 1.29 is 19.1 Å². The fraction of sp³-hybridized carbons (Fsp3) is 0.259. The van der Waals surface area contributed by atoms with Crippen molar-refractivity contribution in [2.75, 3.05) is 0 Å². The molecule has 2 saturated carbocycles. The molecule has 5 unspecified atom stereocenters. The van der Waals surface area contributed by atoms with E-state index in [0.29, 0.717) is 5.56 Å². The molecule has 3 fully saturated rings. The number of rotatable bonds is 5. The van der Waals surface area contributed by atoms with Crippen molar-refractivity contribution in [3.63, 3.8) is 0 Å². The third-order valence-corrected chi connectivity index (χ3v) is 9.17. The minimum Gasteiger partial charge on any atom is -0.458 e. The molecule has 4 nitrogen and oxygen atoms in total. The number of carbonyl (C=O) groups excluding carboxylic acids is 2. The molecule has 0 aromatic heterocycles. The van der Waals surface area contributed by atoms with Crippen LogP contribution in [0.2, 0.25) is 0 Å². The van der Waals surface area contributed by atoms with Crippen LogP contribution in [0.4, 0.5) is 0 Å². The summed E-state index contributed by atoms with van der Waals surface area (Å²) in [4.78, 5) is 28.5. The van der Waals surface area contributed by atoms with Crippen molar-refractivity contribution in [3.8, 4) is 0 Å². The molecule has 5 atom stereocenters. The Bertz CT molecular complexity index is 1110. The minimum atomic E-state index is -0.340. The van der Waals surface area contributed by atoms with Crippen molar-refractivity contribution >= 4 is 22.8 Å². The molecule has 1 heterocycles. The van der Waals surface area contributed by atoms with Crippen LogP contribution in [-0.4, -0.2) is 24.1 Å². The monoisotopic (exact) mass is 443 g/mol. The Morgan fingerprint density at radius 1 is 0.812 bits per heavy atom. The number of hydrogen-bond acceptors (Lipinski definition) is 4. The molecule has 0 spiro atoms. The van der Waals surface area contributed by atoms with Crippen molar-refractivity contribution in [2.24, 2.45) is 17.8 Å². The maximum absolute atomic E-state index is 12.9. The van der Waals surface area contributed by atoms with Crippen LogP contribution in [0.3, 0.4) is 0 Å². The quantitative estimate of drug-likeness (QED) is 0.416. The molecule has 0 amide bonds. The summed E-state index contributed by atoms with van der Waals surface area (Å²) in [5.41, 5.74) is 0.530. The van der Waals surface area contributed by atoms with Crippen LogP contribution < -0.4 is 0 Å². The largest absolute Gasteiger partial charge is 0.458 e. The molecule has 160 valence electrons. The van der Waals surface area contributed by atoms with Crippen LogP contribution >= 0.6 is 0 Å². The molecule has 1 aliphatic heterocycles. The van der Waals surface area contributed by atoms with E-state index < -0.39 is 0 Å². The topological polar surface area (TPSA) is 52.6 Å². The number of esters is 2. The fourth-order valence-corrected chi connectivity index (χ4v) is 7.59. The third-order valence-electron chi connectivity index (χ3n) is 6.94. The first-order valence-corrected chi connectivity index (χ1v) is 12.3. The zero-order chi connectivity index (χ0) is 21.7. The highest BCUT2D eigenvalue weighted by Crippen LogP contribution is 2.55. The van der Waals surface area contributed by atoms with E-state index in [2.05, 4.69) is 48.5 Å². The zero-order valence-electron chi connectivity index (χ0n) is 17.4. The average molecular weight is 444 g/mol. The lowest BCUT2D eigenvalue weighted by Crippen LogP contribution is -2.36. The highest BCUT2D eigenvalue weighted by Gasteiger charge is 2.63. The van der Waals surface area contributed by atoms with Crippen molar-refractivity contribution in [1.29, 1.82) is 0 Å². The van der Waals surface area contributed by atoms with Gasteiger partial charge in [0.15, 0.2) is 14.7 Å². The van der Waals surface area contributed by atoms with Gasteiger partial charge in [-0.2, -0.15) is 0 Å². The second-order valence-corrected chi connectivity index (χ2v) is 10.8. The molecule has 32 heavy (non-hydrogen) atoms. The number of carbonyl (C=O) groups is 2. The molecular formula is C27H23O4S+. The van der Waals surface area contributed by atoms with Gasteiger partial charge >= 0.3 is 11.9 Å². The van der Waals surface area contributed by atoms with Crippen LogP contribution in [0.25, 0.3) is 0 Å². The van der Waals surface area contributed by atoms with E-state index in [0.717, 1.165) is 17.7 Å². The van der Waals surface area contributed by atoms with Crippen LogP contribution in [0.5, 0.6) is 0 Å². The Morgan fingerprint density at radius 2 is 1.41 bits per heavy atom. The van der Waals surface area contributed by atoms with Crippen LogP contribution in [0, 0.1) is 17.8 Å².